The molecule has 1 aromatic carbocycles. The van der Waals surface area contributed by atoms with Crippen molar-refractivity contribution in [3.05, 3.63) is 40.9 Å². The summed E-state index contributed by atoms with van der Waals surface area (Å²) >= 11 is 6.81. The summed E-state index contributed by atoms with van der Waals surface area (Å²) in [6, 6.07) is 9.46. The lowest BCUT2D eigenvalue weighted by molar-refractivity contribution is 0.0701. The van der Waals surface area contributed by atoms with Crippen LogP contribution in [0.4, 0.5) is 0 Å². The van der Waals surface area contributed by atoms with Crippen molar-refractivity contribution < 1.29 is 9.90 Å². The number of carboxylic acids is 1. The van der Waals surface area contributed by atoms with Crippen LogP contribution in [0.2, 0.25) is 0 Å². The van der Waals surface area contributed by atoms with Gasteiger partial charge in [0.2, 0.25) is 0 Å². The second-order valence-electron chi connectivity index (χ2n) is 3.10. The highest BCUT2D eigenvalue weighted by molar-refractivity contribution is 7.17. The lowest BCUT2D eigenvalue weighted by atomic mass is 10.2. The third kappa shape index (κ3) is 2.08. The van der Waals surface area contributed by atoms with Crippen molar-refractivity contribution in [1.29, 1.82) is 0 Å². The molecule has 1 heterocycles. The van der Waals surface area contributed by atoms with Gasteiger partial charge in [0.25, 0.3) is 0 Å². The van der Waals surface area contributed by atoms with Gasteiger partial charge in [-0.25, -0.2) is 9.78 Å². The van der Waals surface area contributed by atoms with E-state index in [0.717, 1.165) is 16.9 Å². The molecule has 0 aliphatic heterocycles. The molecule has 0 aliphatic carbocycles. The van der Waals surface area contributed by atoms with E-state index >= 15 is 0 Å². The highest BCUT2D eigenvalue weighted by Crippen LogP contribution is 2.28. The molecule has 0 atom stereocenters. The van der Waals surface area contributed by atoms with Crippen molar-refractivity contribution in [2.75, 3.05) is 0 Å². The minimum atomic E-state index is -0.977. The summed E-state index contributed by atoms with van der Waals surface area (Å²) in [5.74, 6) is -0.861. The Morgan fingerprint density at radius 3 is 2.56 bits per heavy atom. The summed E-state index contributed by atoms with van der Waals surface area (Å²) in [7, 11) is 0. The smallest absolute Gasteiger partial charge is 0.347 e. The van der Waals surface area contributed by atoms with Gasteiger partial charge in [-0.15, -0.1) is 22.9 Å². The second kappa shape index (κ2) is 4.63. The van der Waals surface area contributed by atoms with E-state index in [1.165, 1.54) is 0 Å². The van der Waals surface area contributed by atoms with Gasteiger partial charge in [0.1, 0.15) is 9.88 Å². The second-order valence-corrected chi connectivity index (χ2v) is 4.37. The molecule has 0 fully saturated rings. The number of carboxylic acid groups (broad SMARTS) is 1. The quantitative estimate of drug-likeness (QED) is 0.855. The number of benzene rings is 1. The SMILES string of the molecule is O=C(O)c1sc(-c2ccccc2)nc1CCl. The zero-order valence-electron chi connectivity index (χ0n) is 8.18. The van der Waals surface area contributed by atoms with E-state index in [4.69, 9.17) is 16.7 Å². The van der Waals surface area contributed by atoms with Crippen molar-refractivity contribution in [3.63, 3.8) is 0 Å². The van der Waals surface area contributed by atoms with E-state index in [0.29, 0.717) is 10.7 Å². The lowest BCUT2D eigenvalue weighted by Gasteiger charge is -1.92. The number of halogens is 1. The van der Waals surface area contributed by atoms with Crippen LogP contribution in [-0.4, -0.2) is 16.1 Å². The summed E-state index contributed by atoms with van der Waals surface area (Å²) in [4.78, 5) is 15.4. The molecule has 2 rings (SSSR count). The zero-order valence-corrected chi connectivity index (χ0v) is 9.76. The first-order valence-corrected chi connectivity index (χ1v) is 5.92. The Hall–Kier alpha value is -1.39. The van der Waals surface area contributed by atoms with Crippen LogP contribution in [0.3, 0.4) is 0 Å². The molecule has 16 heavy (non-hydrogen) atoms. The zero-order chi connectivity index (χ0) is 11.5. The lowest BCUT2D eigenvalue weighted by Crippen LogP contribution is -1.96. The Labute approximate surface area is 101 Å². The number of hydrogen-bond acceptors (Lipinski definition) is 3. The van der Waals surface area contributed by atoms with Gasteiger partial charge in [-0.1, -0.05) is 30.3 Å². The first kappa shape index (κ1) is 11.1. The number of carbonyl (C=O) groups is 1. The molecule has 0 bridgehead atoms. The van der Waals surface area contributed by atoms with Crippen molar-refractivity contribution in [1.82, 2.24) is 4.98 Å². The fourth-order valence-electron chi connectivity index (χ4n) is 1.31. The van der Waals surface area contributed by atoms with Crippen LogP contribution < -0.4 is 0 Å². The summed E-state index contributed by atoms with van der Waals surface area (Å²) in [6.07, 6.45) is 0. The Morgan fingerprint density at radius 2 is 2.06 bits per heavy atom. The van der Waals surface area contributed by atoms with Gasteiger partial charge in [-0.2, -0.15) is 0 Å². The number of rotatable bonds is 3. The molecule has 0 radical (unpaired) electrons. The molecule has 0 aliphatic rings. The van der Waals surface area contributed by atoms with Crippen LogP contribution in [-0.2, 0) is 5.88 Å². The third-order valence-electron chi connectivity index (χ3n) is 2.04. The Balaban J connectivity index is 2.48. The number of aromatic carboxylic acids is 1. The first-order valence-electron chi connectivity index (χ1n) is 4.56. The van der Waals surface area contributed by atoms with Crippen molar-refractivity contribution in [2.24, 2.45) is 0 Å². The maximum atomic E-state index is 10.9. The van der Waals surface area contributed by atoms with Crippen LogP contribution in [0.15, 0.2) is 30.3 Å². The van der Waals surface area contributed by atoms with Crippen molar-refractivity contribution >= 4 is 28.9 Å². The molecular formula is C11H8ClNO2S. The van der Waals surface area contributed by atoms with Crippen LogP contribution in [0, 0.1) is 0 Å². The maximum absolute atomic E-state index is 10.9. The van der Waals surface area contributed by atoms with Crippen LogP contribution in [0.25, 0.3) is 10.6 Å². The van der Waals surface area contributed by atoms with E-state index in [1.807, 2.05) is 30.3 Å². The van der Waals surface area contributed by atoms with E-state index in [1.54, 1.807) is 0 Å². The van der Waals surface area contributed by atoms with E-state index in [9.17, 15) is 4.79 Å². The first-order chi connectivity index (χ1) is 7.72. The van der Waals surface area contributed by atoms with E-state index < -0.39 is 5.97 Å². The molecule has 0 saturated heterocycles. The van der Waals surface area contributed by atoms with Gasteiger partial charge < -0.3 is 5.11 Å². The van der Waals surface area contributed by atoms with Gasteiger partial charge in [-0.3, -0.25) is 0 Å². The summed E-state index contributed by atoms with van der Waals surface area (Å²) in [5, 5.41) is 9.66. The van der Waals surface area contributed by atoms with Crippen molar-refractivity contribution in [3.8, 4) is 10.6 Å². The van der Waals surface area contributed by atoms with Crippen molar-refractivity contribution in [2.45, 2.75) is 5.88 Å². The minimum Gasteiger partial charge on any atom is -0.477 e. The van der Waals surface area contributed by atoms with Crippen LogP contribution in [0.1, 0.15) is 15.4 Å². The summed E-state index contributed by atoms with van der Waals surface area (Å²) < 4.78 is 0. The van der Waals surface area contributed by atoms with Gasteiger partial charge >= 0.3 is 5.97 Å². The topological polar surface area (TPSA) is 50.2 Å². The molecule has 82 valence electrons. The molecule has 1 N–H and O–H groups in total. The predicted octanol–water partition coefficient (Wildman–Crippen LogP) is 3.25. The molecule has 2 aromatic rings. The molecular weight excluding hydrogens is 246 g/mol. The number of aromatic nitrogens is 1. The fourth-order valence-corrected chi connectivity index (χ4v) is 2.51. The number of nitrogens with zero attached hydrogens (tertiary/aromatic N) is 1. The Bertz CT molecular complexity index is 510. The fraction of sp³-hybridized carbons (Fsp3) is 0.0909. The highest BCUT2D eigenvalue weighted by atomic mass is 35.5. The predicted molar refractivity (Wildman–Crippen MR) is 64.1 cm³/mol. The number of hydrogen-bond donors (Lipinski definition) is 1. The van der Waals surface area contributed by atoms with Gasteiger partial charge in [0.15, 0.2) is 0 Å². The van der Waals surface area contributed by atoms with Gasteiger partial charge in [-0.05, 0) is 0 Å². The molecule has 0 saturated carbocycles. The van der Waals surface area contributed by atoms with Crippen LogP contribution in [0.5, 0.6) is 0 Å². The number of alkyl halides is 1. The Morgan fingerprint density at radius 1 is 1.38 bits per heavy atom. The van der Waals surface area contributed by atoms with E-state index in [-0.39, 0.29) is 10.8 Å². The molecule has 0 unspecified atom stereocenters. The standard InChI is InChI=1S/C11H8ClNO2S/c12-6-8-9(11(14)15)16-10(13-8)7-4-2-1-3-5-7/h1-5H,6H2,(H,14,15). The van der Waals surface area contributed by atoms with Gasteiger partial charge in [0, 0.05) is 5.56 Å². The normalized spacial score (nSPS) is 10.3. The summed E-state index contributed by atoms with van der Waals surface area (Å²) in [6.45, 7) is 0. The largest absolute Gasteiger partial charge is 0.477 e. The molecule has 5 heteroatoms. The monoisotopic (exact) mass is 253 g/mol. The van der Waals surface area contributed by atoms with Crippen LogP contribution >= 0.6 is 22.9 Å². The number of thiazole rings is 1. The van der Waals surface area contributed by atoms with Gasteiger partial charge in [0.05, 0.1) is 11.6 Å². The van der Waals surface area contributed by atoms with E-state index in [2.05, 4.69) is 4.98 Å². The molecule has 3 nitrogen and oxygen atoms in total. The Kier molecular flexibility index (Phi) is 3.22. The third-order valence-corrected chi connectivity index (χ3v) is 3.43. The molecule has 0 amide bonds. The molecule has 1 aromatic heterocycles. The summed E-state index contributed by atoms with van der Waals surface area (Å²) in [5.41, 5.74) is 1.34. The average molecular weight is 254 g/mol. The highest BCUT2D eigenvalue weighted by Gasteiger charge is 2.16. The minimum absolute atomic E-state index is 0.116. The maximum Gasteiger partial charge on any atom is 0.347 e. The average Bonchev–Trinajstić information content (AvgIpc) is 2.74. The molecule has 0 spiro atoms.